The summed E-state index contributed by atoms with van der Waals surface area (Å²) in [7, 11) is 1.40. The van der Waals surface area contributed by atoms with E-state index in [2.05, 4.69) is 52.9 Å². The first kappa shape index (κ1) is 18.5. The molecule has 0 fully saturated rings. The van der Waals surface area contributed by atoms with Crippen molar-refractivity contribution in [3.05, 3.63) is 94.3 Å². The van der Waals surface area contributed by atoms with Crippen molar-refractivity contribution in [1.29, 1.82) is 0 Å². The number of carbonyl (C=O) groups excluding carboxylic acids is 1. The fourth-order valence-electron chi connectivity index (χ4n) is 3.93. The van der Waals surface area contributed by atoms with Gasteiger partial charge >= 0.3 is 5.97 Å². The molecule has 0 saturated carbocycles. The Labute approximate surface area is 166 Å². The van der Waals surface area contributed by atoms with Gasteiger partial charge in [0.25, 0.3) is 0 Å². The first-order chi connectivity index (χ1) is 13.6. The average molecular weight is 374 g/mol. The van der Waals surface area contributed by atoms with E-state index in [0.29, 0.717) is 5.56 Å². The van der Waals surface area contributed by atoms with Crippen molar-refractivity contribution in [2.75, 3.05) is 13.7 Å². The molecule has 1 aromatic heterocycles. The summed E-state index contributed by atoms with van der Waals surface area (Å²) in [5.41, 5.74) is 7.38. The summed E-state index contributed by atoms with van der Waals surface area (Å²) in [6, 6.07) is 18.6. The highest BCUT2D eigenvalue weighted by molar-refractivity contribution is 5.89. The van der Waals surface area contributed by atoms with Crippen LogP contribution < -0.4 is 0 Å². The number of aromatic nitrogens is 1. The highest BCUT2D eigenvalue weighted by Gasteiger charge is 2.17. The van der Waals surface area contributed by atoms with Crippen molar-refractivity contribution < 1.29 is 9.53 Å². The molecule has 4 heteroatoms. The van der Waals surface area contributed by atoms with Gasteiger partial charge in [-0.05, 0) is 53.8 Å². The zero-order valence-electron chi connectivity index (χ0n) is 16.5. The van der Waals surface area contributed by atoms with E-state index in [1.165, 1.54) is 35.1 Å². The fourth-order valence-corrected chi connectivity index (χ4v) is 3.93. The van der Waals surface area contributed by atoms with E-state index in [4.69, 9.17) is 4.74 Å². The number of ether oxygens (including phenoxy) is 1. The monoisotopic (exact) mass is 374 g/mol. The number of nitrogens with zero attached hydrogens (tertiary/aromatic N) is 2. The summed E-state index contributed by atoms with van der Waals surface area (Å²) in [5.74, 6) is -0.297. The van der Waals surface area contributed by atoms with Crippen LogP contribution in [0.25, 0.3) is 0 Å². The molecular formula is C24H26N2O2. The van der Waals surface area contributed by atoms with E-state index in [1.54, 1.807) is 0 Å². The number of hydrogen-bond donors (Lipinski definition) is 0. The van der Waals surface area contributed by atoms with Gasteiger partial charge in [-0.1, -0.05) is 36.4 Å². The largest absolute Gasteiger partial charge is 0.465 e. The first-order valence-corrected chi connectivity index (χ1v) is 9.75. The second kappa shape index (κ2) is 8.03. The Balaban J connectivity index is 1.42. The van der Waals surface area contributed by atoms with Gasteiger partial charge in [-0.25, -0.2) is 4.79 Å². The number of esters is 1. The Morgan fingerprint density at radius 3 is 2.50 bits per heavy atom. The summed E-state index contributed by atoms with van der Waals surface area (Å²) >= 11 is 0. The minimum absolute atomic E-state index is 0.297. The SMILES string of the molecule is COC(=O)c1ccc(Cn2ccc(CN3CCc4ccccc4C3)c2C)cc1. The number of methoxy groups -OCH3 is 1. The molecule has 0 bridgehead atoms. The molecule has 0 saturated heterocycles. The lowest BCUT2D eigenvalue weighted by atomic mass is 9.99. The molecule has 0 radical (unpaired) electrons. The maximum absolute atomic E-state index is 11.6. The van der Waals surface area contributed by atoms with Crippen molar-refractivity contribution >= 4 is 5.97 Å². The molecule has 2 aromatic carbocycles. The second-order valence-electron chi connectivity index (χ2n) is 7.47. The maximum Gasteiger partial charge on any atom is 0.337 e. The molecule has 1 aliphatic heterocycles. The van der Waals surface area contributed by atoms with Crippen molar-refractivity contribution in [3.63, 3.8) is 0 Å². The quantitative estimate of drug-likeness (QED) is 0.628. The first-order valence-electron chi connectivity index (χ1n) is 9.75. The highest BCUT2D eigenvalue weighted by atomic mass is 16.5. The fraction of sp³-hybridized carbons (Fsp3) is 0.292. The van der Waals surface area contributed by atoms with E-state index < -0.39 is 0 Å². The zero-order chi connectivity index (χ0) is 19.5. The maximum atomic E-state index is 11.6. The van der Waals surface area contributed by atoms with Crippen LogP contribution >= 0.6 is 0 Å². The summed E-state index contributed by atoms with van der Waals surface area (Å²) in [4.78, 5) is 14.1. The molecule has 4 rings (SSSR count). The molecule has 4 nitrogen and oxygen atoms in total. The van der Waals surface area contributed by atoms with E-state index in [1.807, 2.05) is 24.3 Å². The smallest absolute Gasteiger partial charge is 0.337 e. The van der Waals surface area contributed by atoms with Crippen LogP contribution in [0.5, 0.6) is 0 Å². The number of benzene rings is 2. The predicted molar refractivity (Wildman–Crippen MR) is 110 cm³/mol. The van der Waals surface area contributed by atoms with Crippen molar-refractivity contribution in [3.8, 4) is 0 Å². The Bertz CT molecular complexity index is 973. The van der Waals surface area contributed by atoms with Gasteiger partial charge in [0, 0.05) is 38.1 Å². The van der Waals surface area contributed by atoms with Crippen LogP contribution in [-0.2, 0) is 30.8 Å². The van der Waals surface area contributed by atoms with Gasteiger partial charge in [-0.15, -0.1) is 0 Å². The highest BCUT2D eigenvalue weighted by Crippen LogP contribution is 2.22. The number of carbonyl (C=O) groups is 1. The van der Waals surface area contributed by atoms with Crippen LogP contribution in [0.4, 0.5) is 0 Å². The van der Waals surface area contributed by atoms with Crippen molar-refractivity contribution in [2.45, 2.75) is 33.0 Å². The molecule has 28 heavy (non-hydrogen) atoms. The lowest BCUT2D eigenvalue weighted by molar-refractivity contribution is 0.0600. The van der Waals surface area contributed by atoms with Gasteiger partial charge in [0.15, 0.2) is 0 Å². The normalized spacial score (nSPS) is 13.9. The van der Waals surface area contributed by atoms with E-state index in [0.717, 1.165) is 32.6 Å². The van der Waals surface area contributed by atoms with Crippen molar-refractivity contribution in [1.82, 2.24) is 9.47 Å². The molecular weight excluding hydrogens is 348 g/mol. The van der Waals surface area contributed by atoms with Crippen LogP contribution in [0.15, 0.2) is 60.8 Å². The third-order valence-electron chi connectivity index (χ3n) is 5.68. The van der Waals surface area contributed by atoms with Gasteiger partial charge in [0.2, 0.25) is 0 Å². The van der Waals surface area contributed by atoms with Crippen LogP contribution in [0.3, 0.4) is 0 Å². The summed E-state index contributed by atoms with van der Waals surface area (Å²) in [5, 5.41) is 0. The topological polar surface area (TPSA) is 34.5 Å². The van der Waals surface area contributed by atoms with Crippen LogP contribution in [0.1, 0.15) is 38.3 Å². The van der Waals surface area contributed by atoms with Gasteiger partial charge < -0.3 is 9.30 Å². The van der Waals surface area contributed by atoms with Crippen LogP contribution in [0.2, 0.25) is 0 Å². The van der Waals surface area contributed by atoms with Gasteiger partial charge in [-0.3, -0.25) is 4.90 Å². The Hall–Kier alpha value is -2.85. The Morgan fingerprint density at radius 1 is 1.00 bits per heavy atom. The number of hydrogen-bond acceptors (Lipinski definition) is 3. The van der Waals surface area contributed by atoms with Crippen LogP contribution in [0, 0.1) is 6.92 Å². The third-order valence-corrected chi connectivity index (χ3v) is 5.68. The van der Waals surface area contributed by atoms with Gasteiger partial charge in [0.1, 0.15) is 0 Å². The molecule has 0 spiro atoms. The molecule has 1 aliphatic rings. The molecule has 0 atom stereocenters. The summed E-state index contributed by atoms with van der Waals surface area (Å²) in [6.45, 7) is 6.10. The Morgan fingerprint density at radius 2 is 1.75 bits per heavy atom. The van der Waals surface area contributed by atoms with Gasteiger partial charge in [0.05, 0.1) is 12.7 Å². The predicted octanol–water partition coefficient (Wildman–Crippen LogP) is 4.19. The molecule has 144 valence electrons. The second-order valence-corrected chi connectivity index (χ2v) is 7.47. The van der Waals surface area contributed by atoms with Crippen molar-refractivity contribution in [2.24, 2.45) is 0 Å². The number of rotatable bonds is 5. The molecule has 0 N–H and O–H groups in total. The van der Waals surface area contributed by atoms with E-state index >= 15 is 0 Å². The molecule has 3 aromatic rings. The average Bonchev–Trinajstić information content (AvgIpc) is 3.07. The lowest BCUT2D eigenvalue weighted by Gasteiger charge is -2.28. The minimum Gasteiger partial charge on any atom is -0.465 e. The zero-order valence-corrected chi connectivity index (χ0v) is 16.5. The number of fused-ring (bicyclic) bond motifs is 1. The minimum atomic E-state index is -0.297. The third kappa shape index (κ3) is 3.87. The van der Waals surface area contributed by atoms with Gasteiger partial charge in [-0.2, -0.15) is 0 Å². The summed E-state index contributed by atoms with van der Waals surface area (Å²) in [6.07, 6.45) is 3.29. The molecule has 2 heterocycles. The molecule has 0 amide bonds. The molecule has 0 unspecified atom stereocenters. The molecule has 0 aliphatic carbocycles. The summed E-state index contributed by atoms with van der Waals surface area (Å²) < 4.78 is 7.04. The van der Waals surface area contributed by atoms with Crippen LogP contribution in [-0.4, -0.2) is 29.1 Å². The Kier molecular flexibility index (Phi) is 5.31. The standard InChI is InChI=1S/C24H26N2O2/c1-18-22(16-25-13-11-20-5-3-4-6-23(20)17-25)12-14-26(18)15-19-7-9-21(10-8-19)24(27)28-2/h3-10,12,14H,11,13,15-17H2,1-2H3. The van der Waals surface area contributed by atoms with E-state index in [-0.39, 0.29) is 5.97 Å². The lowest BCUT2D eigenvalue weighted by Crippen LogP contribution is -2.30. The van der Waals surface area contributed by atoms with E-state index in [9.17, 15) is 4.79 Å².